The van der Waals surface area contributed by atoms with Crippen LogP contribution in [0.5, 0.6) is 5.75 Å². The Morgan fingerprint density at radius 3 is 2.67 bits per heavy atom. The van der Waals surface area contributed by atoms with E-state index >= 15 is 0 Å². The van der Waals surface area contributed by atoms with Crippen molar-refractivity contribution in [3.05, 3.63) is 53.1 Å². The zero-order valence-corrected chi connectivity index (χ0v) is 14.2. The van der Waals surface area contributed by atoms with Gasteiger partial charge in [0.1, 0.15) is 5.75 Å². The van der Waals surface area contributed by atoms with E-state index in [1.807, 2.05) is 0 Å². The fourth-order valence-corrected chi connectivity index (χ4v) is 4.01. The second-order valence-electron chi connectivity index (χ2n) is 5.61. The predicted octanol–water partition coefficient (Wildman–Crippen LogP) is 2.09. The molecular weight excluding hydrogens is 328 g/mol. The lowest BCUT2D eigenvalue weighted by Gasteiger charge is -2.18. The minimum atomic E-state index is -3.75. The smallest absolute Gasteiger partial charge is 0.262 e. The molecule has 6 nitrogen and oxygen atoms in total. The van der Waals surface area contributed by atoms with Crippen LogP contribution in [0.1, 0.15) is 21.5 Å². The number of anilines is 1. The number of carbonyl (C=O) groups excluding carboxylic acids is 1. The summed E-state index contributed by atoms with van der Waals surface area (Å²) in [7, 11) is -2.22. The third-order valence-corrected chi connectivity index (χ3v) is 5.50. The highest BCUT2D eigenvalue weighted by atomic mass is 32.2. The Morgan fingerprint density at radius 2 is 1.96 bits per heavy atom. The molecule has 2 aromatic carbocycles. The summed E-state index contributed by atoms with van der Waals surface area (Å²) in [6, 6.07) is 9.79. The molecule has 0 bridgehead atoms. The zero-order valence-electron chi connectivity index (χ0n) is 13.4. The zero-order chi connectivity index (χ0) is 17.3. The SMILES string of the molecule is COc1ccc(S(=O)(=O)Nc2ccc3c(c2)C(=O)NCC3)c(C)c1. The monoisotopic (exact) mass is 346 g/mol. The van der Waals surface area contributed by atoms with Crippen molar-refractivity contribution < 1.29 is 17.9 Å². The Morgan fingerprint density at radius 1 is 1.17 bits per heavy atom. The lowest BCUT2D eigenvalue weighted by atomic mass is 10.00. The van der Waals surface area contributed by atoms with Gasteiger partial charge in [0.2, 0.25) is 0 Å². The van der Waals surface area contributed by atoms with Gasteiger partial charge in [-0.25, -0.2) is 8.42 Å². The molecule has 1 heterocycles. The summed E-state index contributed by atoms with van der Waals surface area (Å²) in [4.78, 5) is 12.1. The fourth-order valence-electron chi connectivity index (χ4n) is 2.74. The third kappa shape index (κ3) is 3.07. The van der Waals surface area contributed by atoms with Crippen LogP contribution in [0.2, 0.25) is 0 Å². The Kier molecular flexibility index (Phi) is 4.19. The van der Waals surface area contributed by atoms with Crippen molar-refractivity contribution in [1.29, 1.82) is 0 Å². The molecule has 0 fully saturated rings. The van der Waals surface area contributed by atoms with Crippen LogP contribution in [-0.4, -0.2) is 28.0 Å². The van der Waals surface area contributed by atoms with E-state index in [0.29, 0.717) is 29.1 Å². The van der Waals surface area contributed by atoms with Crippen molar-refractivity contribution in [1.82, 2.24) is 5.32 Å². The molecule has 3 rings (SSSR count). The third-order valence-electron chi connectivity index (χ3n) is 3.96. The van der Waals surface area contributed by atoms with Gasteiger partial charge in [-0.3, -0.25) is 9.52 Å². The van der Waals surface area contributed by atoms with Crippen molar-refractivity contribution >= 4 is 21.6 Å². The molecule has 0 radical (unpaired) electrons. The summed E-state index contributed by atoms with van der Waals surface area (Å²) in [5, 5.41) is 2.75. The van der Waals surface area contributed by atoms with Gasteiger partial charge in [0.15, 0.2) is 0 Å². The van der Waals surface area contributed by atoms with Crippen LogP contribution in [0.15, 0.2) is 41.3 Å². The van der Waals surface area contributed by atoms with E-state index in [-0.39, 0.29) is 10.8 Å². The van der Waals surface area contributed by atoms with Gasteiger partial charge < -0.3 is 10.1 Å². The van der Waals surface area contributed by atoms with Crippen molar-refractivity contribution in [2.75, 3.05) is 18.4 Å². The topological polar surface area (TPSA) is 84.5 Å². The summed E-state index contributed by atoms with van der Waals surface area (Å²) < 4.78 is 32.9. The van der Waals surface area contributed by atoms with Gasteiger partial charge in [0.05, 0.1) is 12.0 Å². The highest BCUT2D eigenvalue weighted by molar-refractivity contribution is 7.92. The maximum atomic E-state index is 12.6. The average molecular weight is 346 g/mol. The van der Waals surface area contributed by atoms with Crippen LogP contribution in [0.3, 0.4) is 0 Å². The lowest BCUT2D eigenvalue weighted by Crippen LogP contribution is -2.31. The summed E-state index contributed by atoms with van der Waals surface area (Å²) in [6.07, 6.45) is 0.742. The number of carbonyl (C=O) groups is 1. The Hall–Kier alpha value is -2.54. The Labute approximate surface area is 140 Å². The number of rotatable bonds is 4. The second-order valence-corrected chi connectivity index (χ2v) is 7.27. The molecule has 0 spiro atoms. The summed E-state index contributed by atoms with van der Waals surface area (Å²) in [5.41, 5.74) is 2.37. The number of amides is 1. The molecule has 0 saturated heterocycles. The van der Waals surface area contributed by atoms with Gasteiger partial charge in [-0.2, -0.15) is 0 Å². The molecule has 1 aliphatic heterocycles. The minimum Gasteiger partial charge on any atom is -0.497 e. The molecule has 0 aliphatic carbocycles. The number of methoxy groups -OCH3 is 1. The van der Waals surface area contributed by atoms with E-state index in [1.54, 1.807) is 37.3 Å². The van der Waals surface area contributed by atoms with Gasteiger partial charge in [-0.05, 0) is 54.8 Å². The van der Waals surface area contributed by atoms with E-state index < -0.39 is 10.0 Å². The number of nitrogens with one attached hydrogen (secondary N) is 2. The molecule has 1 aliphatic rings. The highest BCUT2D eigenvalue weighted by Gasteiger charge is 2.20. The number of benzene rings is 2. The lowest BCUT2D eigenvalue weighted by molar-refractivity contribution is 0.0946. The number of aryl methyl sites for hydroxylation is 1. The number of hydrogen-bond acceptors (Lipinski definition) is 4. The Bertz CT molecular complexity index is 907. The van der Waals surface area contributed by atoms with E-state index in [2.05, 4.69) is 10.0 Å². The summed E-state index contributed by atoms with van der Waals surface area (Å²) >= 11 is 0. The van der Waals surface area contributed by atoms with E-state index in [9.17, 15) is 13.2 Å². The molecule has 24 heavy (non-hydrogen) atoms. The fraction of sp³-hybridized carbons (Fsp3) is 0.235. The summed E-state index contributed by atoms with van der Waals surface area (Å²) in [5.74, 6) is 0.412. The molecule has 2 N–H and O–H groups in total. The molecule has 7 heteroatoms. The maximum absolute atomic E-state index is 12.6. The molecule has 2 aromatic rings. The molecule has 126 valence electrons. The molecule has 0 atom stereocenters. The normalized spacial score (nSPS) is 13.8. The minimum absolute atomic E-state index is 0.172. The first kappa shape index (κ1) is 16.3. The molecular formula is C17H18N2O4S. The van der Waals surface area contributed by atoms with Crippen LogP contribution in [0.4, 0.5) is 5.69 Å². The number of hydrogen-bond donors (Lipinski definition) is 2. The molecule has 0 unspecified atom stereocenters. The largest absolute Gasteiger partial charge is 0.497 e. The number of fused-ring (bicyclic) bond motifs is 1. The average Bonchev–Trinajstić information content (AvgIpc) is 2.55. The van der Waals surface area contributed by atoms with Gasteiger partial charge in [-0.15, -0.1) is 0 Å². The quantitative estimate of drug-likeness (QED) is 0.888. The van der Waals surface area contributed by atoms with Crippen LogP contribution in [0, 0.1) is 6.92 Å². The van der Waals surface area contributed by atoms with Crippen LogP contribution in [-0.2, 0) is 16.4 Å². The second kappa shape index (κ2) is 6.16. The van der Waals surface area contributed by atoms with Crippen LogP contribution >= 0.6 is 0 Å². The first-order valence-electron chi connectivity index (χ1n) is 7.49. The predicted molar refractivity (Wildman–Crippen MR) is 91.0 cm³/mol. The standard InChI is InChI=1S/C17H18N2O4S/c1-11-9-14(23-2)5-6-16(11)24(21,22)19-13-4-3-12-7-8-18-17(20)15(12)10-13/h3-6,9-10,19H,7-8H2,1-2H3,(H,18,20). The van der Waals surface area contributed by atoms with E-state index in [1.165, 1.54) is 13.2 Å². The summed E-state index contributed by atoms with van der Waals surface area (Å²) in [6.45, 7) is 2.30. The van der Waals surface area contributed by atoms with Crippen LogP contribution in [0.25, 0.3) is 0 Å². The highest BCUT2D eigenvalue weighted by Crippen LogP contribution is 2.25. The van der Waals surface area contributed by atoms with Gasteiger partial charge in [0, 0.05) is 17.8 Å². The van der Waals surface area contributed by atoms with Gasteiger partial charge >= 0.3 is 0 Å². The van der Waals surface area contributed by atoms with Crippen molar-refractivity contribution in [2.45, 2.75) is 18.2 Å². The van der Waals surface area contributed by atoms with E-state index in [4.69, 9.17) is 4.74 Å². The molecule has 1 amide bonds. The number of ether oxygens (including phenoxy) is 1. The van der Waals surface area contributed by atoms with Crippen molar-refractivity contribution in [3.63, 3.8) is 0 Å². The Balaban J connectivity index is 1.93. The van der Waals surface area contributed by atoms with Gasteiger partial charge in [0.25, 0.3) is 15.9 Å². The van der Waals surface area contributed by atoms with Crippen molar-refractivity contribution in [2.24, 2.45) is 0 Å². The van der Waals surface area contributed by atoms with Crippen LogP contribution < -0.4 is 14.8 Å². The van der Waals surface area contributed by atoms with Gasteiger partial charge in [-0.1, -0.05) is 6.07 Å². The molecule has 0 saturated carbocycles. The van der Waals surface area contributed by atoms with Crippen molar-refractivity contribution in [3.8, 4) is 5.75 Å². The number of sulfonamides is 1. The first-order chi connectivity index (χ1) is 11.4. The first-order valence-corrected chi connectivity index (χ1v) is 8.97. The molecule has 0 aromatic heterocycles. The maximum Gasteiger partial charge on any atom is 0.262 e. The van der Waals surface area contributed by atoms with E-state index in [0.717, 1.165) is 12.0 Å².